The molecule has 0 N–H and O–H groups in total. The molecule has 4 heteroatoms. The van der Waals surface area contributed by atoms with Crippen LogP contribution < -0.4 is 0 Å². The smallest absolute Gasteiger partial charge is 0.234 e. The normalized spacial score (nSPS) is 10.8. The van der Waals surface area contributed by atoms with Gasteiger partial charge in [0.1, 0.15) is 0 Å². The van der Waals surface area contributed by atoms with Crippen LogP contribution in [0.2, 0.25) is 0 Å². The van der Waals surface area contributed by atoms with Crippen molar-refractivity contribution in [3.05, 3.63) is 48.7 Å². The topological polar surface area (TPSA) is 43.1 Å². The summed E-state index contributed by atoms with van der Waals surface area (Å²) in [5.41, 5.74) is 2.91. The zero-order valence-corrected chi connectivity index (χ0v) is 8.83. The van der Waals surface area contributed by atoms with Crippen LogP contribution in [0, 0.1) is 6.92 Å². The molecule has 0 saturated carbocycles. The molecule has 3 aromatic heterocycles. The first-order chi connectivity index (χ1) is 7.83. The summed E-state index contributed by atoms with van der Waals surface area (Å²) < 4.78 is 1.90. The minimum atomic E-state index is 0.707. The van der Waals surface area contributed by atoms with Gasteiger partial charge in [-0.2, -0.15) is 0 Å². The minimum absolute atomic E-state index is 0.707. The lowest BCUT2D eigenvalue weighted by molar-refractivity contribution is 1.11. The lowest BCUT2D eigenvalue weighted by atomic mass is 10.2. The van der Waals surface area contributed by atoms with Crippen LogP contribution in [0.5, 0.6) is 0 Å². The number of imidazole rings is 1. The zero-order valence-electron chi connectivity index (χ0n) is 8.83. The van der Waals surface area contributed by atoms with E-state index in [0.717, 1.165) is 17.0 Å². The molecule has 3 rings (SSSR count). The van der Waals surface area contributed by atoms with Gasteiger partial charge in [-0.05, 0) is 25.1 Å². The van der Waals surface area contributed by atoms with Crippen molar-refractivity contribution in [2.24, 2.45) is 0 Å². The van der Waals surface area contributed by atoms with E-state index in [-0.39, 0.29) is 0 Å². The summed E-state index contributed by atoms with van der Waals surface area (Å²) in [6.45, 7) is 1.97. The Kier molecular flexibility index (Phi) is 1.93. The Morgan fingerprint density at radius 3 is 2.88 bits per heavy atom. The van der Waals surface area contributed by atoms with Crippen LogP contribution in [0.25, 0.3) is 17.0 Å². The second-order valence-corrected chi connectivity index (χ2v) is 3.64. The molecule has 0 saturated heterocycles. The molecule has 0 bridgehead atoms. The van der Waals surface area contributed by atoms with Gasteiger partial charge in [0, 0.05) is 36.0 Å². The molecule has 3 heterocycles. The predicted molar refractivity (Wildman–Crippen MR) is 61.0 cm³/mol. The fraction of sp³-hybridized carbons (Fsp3) is 0.0833. The van der Waals surface area contributed by atoms with Gasteiger partial charge in [-0.25, -0.2) is 9.97 Å². The Morgan fingerprint density at radius 2 is 2.12 bits per heavy atom. The third-order valence-corrected chi connectivity index (χ3v) is 2.44. The van der Waals surface area contributed by atoms with E-state index < -0.39 is 0 Å². The van der Waals surface area contributed by atoms with Crippen molar-refractivity contribution in [3.63, 3.8) is 0 Å². The van der Waals surface area contributed by atoms with Gasteiger partial charge < -0.3 is 0 Å². The van der Waals surface area contributed by atoms with Crippen molar-refractivity contribution in [2.45, 2.75) is 6.92 Å². The first kappa shape index (κ1) is 9.03. The largest absolute Gasteiger partial charge is 0.291 e. The number of aryl methyl sites for hydroxylation is 1. The highest BCUT2D eigenvalue weighted by atomic mass is 15.1. The first-order valence-electron chi connectivity index (χ1n) is 5.06. The Labute approximate surface area is 92.6 Å². The average molecular weight is 210 g/mol. The van der Waals surface area contributed by atoms with Crippen LogP contribution in [0.3, 0.4) is 0 Å². The van der Waals surface area contributed by atoms with Gasteiger partial charge in [-0.3, -0.25) is 9.38 Å². The lowest BCUT2D eigenvalue weighted by Crippen LogP contribution is -1.83. The van der Waals surface area contributed by atoms with Crippen LogP contribution in [-0.2, 0) is 0 Å². The molecule has 16 heavy (non-hydrogen) atoms. The van der Waals surface area contributed by atoms with Gasteiger partial charge in [0.25, 0.3) is 0 Å². The molecular formula is C12H10N4. The number of pyridine rings is 1. The van der Waals surface area contributed by atoms with Crippen LogP contribution >= 0.6 is 0 Å². The maximum absolute atomic E-state index is 4.42. The van der Waals surface area contributed by atoms with Gasteiger partial charge >= 0.3 is 0 Å². The van der Waals surface area contributed by atoms with E-state index in [0.29, 0.717) is 5.78 Å². The lowest BCUT2D eigenvalue weighted by Gasteiger charge is -1.95. The minimum Gasteiger partial charge on any atom is -0.291 e. The second kappa shape index (κ2) is 3.41. The molecule has 78 valence electrons. The van der Waals surface area contributed by atoms with Gasteiger partial charge in [0.2, 0.25) is 5.78 Å². The van der Waals surface area contributed by atoms with Gasteiger partial charge in [-0.1, -0.05) is 0 Å². The maximum atomic E-state index is 4.42. The predicted octanol–water partition coefficient (Wildman–Crippen LogP) is 2.10. The summed E-state index contributed by atoms with van der Waals surface area (Å²) in [5.74, 6) is 0.707. The molecule has 4 nitrogen and oxygen atoms in total. The summed E-state index contributed by atoms with van der Waals surface area (Å²) >= 11 is 0. The quantitative estimate of drug-likeness (QED) is 0.617. The number of nitrogens with zero attached hydrogens (tertiary/aromatic N) is 4. The van der Waals surface area contributed by atoms with Crippen molar-refractivity contribution < 1.29 is 0 Å². The van der Waals surface area contributed by atoms with E-state index >= 15 is 0 Å². The summed E-state index contributed by atoms with van der Waals surface area (Å²) in [5, 5.41) is 0. The number of fused-ring (bicyclic) bond motifs is 1. The highest BCUT2D eigenvalue weighted by Crippen LogP contribution is 2.17. The number of hydrogen-bond acceptors (Lipinski definition) is 3. The fourth-order valence-electron chi connectivity index (χ4n) is 1.59. The molecule has 0 amide bonds. The fourth-order valence-corrected chi connectivity index (χ4v) is 1.59. The molecular weight excluding hydrogens is 200 g/mol. The van der Waals surface area contributed by atoms with Crippen molar-refractivity contribution in [1.29, 1.82) is 0 Å². The van der Waals surface area contributed by atoms with E-state index in [1.807, 2.05) is 48.1 Å². The van der Waals surface area contributed by atoms with E-state index in [4.69, 9.17) is 0 Å². The molecule has 0 aromatic carbocycles. The maximum Gasteiger partial charge on any atom is 0.234 e. The molecule has 0 fully saturated rings. The molecule has 3 aromatic rings. The molecule has 0 atom stereocenters. The summed E-state index contributed by atoms with van der Waals surface area (Å²) in [6.07, 6.45) is 7.45. The first-order valence-corrected chi connectivity index (χ1v) is 5.06. The van der Waals surface area contributed by atoms with E-state index in [9.17, 15) is 0 Å². The van der Waals surface area contributed by atoms with Crippen molar-refractivity contribution in [3.8, 4) is 11.3 Å². The number of aromatic nitrogens is 4. The molecule has 0 spiro atoms. The monoisotopic (exact) mass is 210 g/mol. The second-order valence-electron chi connectivity index (χ2n) is 3.64. The summed E-state index contributed by atoms with van der Waals surface area (Å²) in [7, 11) is 0. The average Bonchev–Trinajstić information content (AvgIpc) is 2.73. The molecule has 0 aliphatic rings. The number of hydrogen-bond donors (Lipinski definition) is 0. The third-order valence-electron chi connectivity index (χ3n) is 2.44. The zero-order chi connectivity index (χ0) is 11.0. The Balaban J connectivity index is 2.15. The number of rotatable bonds is 1. The van der Waals surface area contributed by atoms with Crippen LogP contribution in [-0.4, -0.2) is 19.4 Å². The standard InChI is InChI=1S/C12H10N4/c1-9-3-4-10(7-14-9)11-8-16-6-2-5-13-12(16)15-11/h2-8H,1H3. The van der Waals surface area contributed by atoms with Crippen LogP contribution in [0.15, 0.2) is 43.0 Å². The van der Waals surface area contributed by atoms with Crippen LogP contribution in [0.4, 0.5) is 0 Å². The highest BCUT2D eigenvalue weighted by molar-refractivity contribution is 5.60. The van der Waals surface area contributed by atoms with Gasteiger partial charge in [0.15, 0.2) is 0 Å². The molecule has 0 aliphatic carbocycles. The Hall–Kier alpha value is -2.23. The SMILES string of the molecule is Cc1ccc(-c2cn3cccnc3n2)cn1. The Bertz CT molecular complexity index is 592. The van der Waals surface area contributed by atoms with Crippen molar-refractivity contribution in [1.82, 2.24) is 19.4 Å². The van der Waals surface area contributed by atoms with Gasteiger partial charge in [-0.15, -0.1) is 0 Å². The van der Waals surface area contributed by atoms with Gasteiger partial charge in [0.05, 0.1) is 5.69 Å². The van der Waals surface area contributed by atoms with E-state index in [1.54, 1.807) is 6.20 Å². The summed E-state index contributed by atoms with van der Waals surface area (Å²) in [4.78, 5) is 12.9. The molecule has 0 unspecified atom stereocenters. The van der Waals surface area contributed by atoms with Crippen molar-refractivity contribution >= 4 is 5.78 Å². The summed E-state index contributed by atoms with van der Waals surface area (Å²) in [6, 6.07) is 5.88. The third kappa shape index (κ3) is 1.44. The van der Waals surface area contributed by atoms with Crippen LogP contribution in [0.1, 0.15) is 5.69 Å². The molecule has 0 aliphatic heterocycles. The molecule has 0 radical (unpaired) electrons. The van der Waals surface area contributed by atoms with Crippen molar-refractivity contribution in [2.75, 3.05) is 0 Å². The van der Waals surface area contributed by atoms with E-state index in [1.165, 1.54) is 0 Å². The van der Waals surface area contributed by atoms with E-state index in [2.05, 4.69) is 15.0 Å². The highest BCUT2D eigenvalue weighted by Gasteiger charge is 2.04. The Morgan fingerprint density at radius 1 is 1.19 bits per heavy atom.